The highest BCUT2D eigenvalue weighted by Crippen LogP contribution is 2.39. The number of fused-ring (bicyclic) bond motifs is 1. The van der Waals surface area contributed by atoms with Crippen molar-refractivity contribution in [2.75, 3.05) is 4.72 Å². The number of sulfonamides is 1. The van der Waals surface area contributed by atoms with Crippen molar-refractivity contribution in [3.05, 3.63) is 72.3 Å². The zero-order chi connectivity index (χ0) is 21.3. The first-order chi connectivity index (χ1) is 14.3. The van der Waals surface area contributed by atoms with Crippen molar-refractivity contribution in [2.24, 2.45) is 0 Å². The summed E-state index contributed by atoms with van der Waals surface area (Å²) in [4.78, 5) is 15.7. The number of carbonyl (C=O) groups is 1. The maximum atomic E-state index is 12.6. The minimum absolute atomic E-state index is 0.000477. The fourth-order valence-electron chi connectivity index (χ4n) is 2.63. The van der Waals surface area contributed by atoms with E-state index in [0.29, 0.717) is 9.24 Å². The molecule has 0 fully saturated rings. The third kappa shape index (κ3) is 4.25. The lowest BCUT2D eigenvalue weighted by atomic mass is 10.2. The van der Waals surface area contributed by atoms with Gasteiger partial charge in [-0.1, -0.05) is 36.0 Å². The topological polar surface area (TPSA) is 119 Å². The number of nitrogens with one attached hydrogen (secondary N) is 1. The van der Waals surface area contributed by atoms with Gasteiger partial charge in [-0.15, -0.1) is 11.3 Å². The summed E-state index contributed by atoms with van der Waals surface area (Å²) in [5.41, 5.74) is 0.981. The number of hydrogen-bond acceptors (Lipinski definition) is 8. The number of nitrogens with zero attached hydrogens (tertiary/aromatic N) is 1. The van der Waals surface area contributed by atoms with Crippen molar-refractivity contribution in [3.63, 3.8) is 0 Å². The number of aromatic nitrogens is 1. The van der Waals surface area contributed by atoms with Crippen molar-refractivity contribution in [3.8, 4) is 5.75 Å². The maximum absolute atomic E-state index is 12.6. The fourth-order valence-corrected chi connectivity index (χ4v) is 5.77. The number of phenols is 1. The molecule has 0 aliphatic carbocycles. The molecule has 0 saturated heterocycles. The van der Waals surface area contributed by atoms with Gasteiger partial charge in [-0.3, -0.25) is 4.72 Å². The second-order valence-corrected chi connectivity index (χ2v) is 10.2. The van der Waals surface area contributed by atoms with Crippen LogP contribution in [0, 0.1) is 0 Å². The molecular weight excluding hydrogens is 444 g/mol. The molecule has 4 rings (SSSR count). The van der Waals surface area contributed by atoms with Crippen molar-refractivity contribution in [1.29, 1.82) is 0 Å². The molecule has 1 heterocycles. The van der Waals surface area contributed by atoms with Crippen LogP contribution in [-0.4, -0.2) is 24.5 Å². The largest absolute Gasteiger partial charge is 0.545 e. The molecule has 7 nitrogen and oxygen atoms in total. The number of phenolic OH excluding ortho intramolecular Hbond substituents is 1. The van der Waals surface area contributed by atoms with Crippen molar-refractivity contribution >= 4 is 55.0 Å². The van der Waals surface area contributed by atoms with Gasteiger partial charge in [-0.2, -0.15) is 0 Å². The number of anilines is 1. The van der Waals surface area contributed by atoms with Gasteiger partial charge in [0.15, 0.2) is 4.34 Å². The van der Waals surface area contributed by atoms with Crippen LogP contribution in [0.3, 0.4) is 0 Å². The standard InChI is InChI=1S/C20H14N2O5S3/c23-16-10-7-13(22-30(26,27)14-8-5-12(6-9-14)19(24)25)11-18(16)29-20-21-15-3-1-2-4-17(15)28-20/h1-11,22-23H,(H,24,25)/p-1. The average molecular weight is 458 g/mol. The minimum Gasteiger partial charge on any atom is -0.545 e. The first-order valence-electron chi connectivity index (χ1n) is 8.52. The molecule has 0 unspecified atom stereocenters. The molecule has 152 valence electrons. The van der Waals surface area contributed by atoms with E-state index in [1.54, 1.807) is 0 Å². The lowest BCUT2D eigenvalue weighted by molar-refractivity contribution is -0.255. The monoisotopic (exact) mass is 457 g/mol. The molecule has 0 aliphatic heterocycles. The Bertz CT molecular complexity index is 1320. The van der Waals surface area contributed by atoms with E-state index in [0.717, 1.165) is 22.3 Å². The molecule has 30 heavy (non-hydrogen) atoms. The number of benzene rings is 3. The fraction of sp³-hybridized carbons (Fsp3) is 0. The highest BCUT2D eigenvalue weighted by molar-refractivity contribution is 8.01. The molecule has 0 radical (unpaired) electrons. The van der Waals surface area contributed by atoms with Gasteiger partial charge in [0.25, 0.3) is 10.0 Å². The molecule has 0 aliphatic rings. The summed E-state index contributed by atoms with van der Waals surface area (Å²) >= 11 is 2.70. The van der Waals surface area contributed by atoms with Crippen molar-refractivity contribution in [2.45, 2.75) is 14.1 Å². The summed E-state index contributed by atoms with van der Waals surface area (Å²) in [7, 11) is -3.95. The van der Waals surface area contributed by atoms with Crippen molar-refractivity contribution in [1.82, 2.24) is 4.98 Å². The summed E-state index contributed by atoms with van der Waals surface area (Å²) in [5, 5.41) is 21.0. The predicted molar refractivity (Wildman–Crippen MR) is 113 cm³/mol. The maximum Gasteiger partial charge on any atom is 0.261 e. The Kier molecular flexibility index (Phi) is 5.37. The van der Waals surface area contributed by atoms with E-state index < -0.39 is 16.0 Å². The van der Waals surface area contributed by atoms with Gasteiger partial charge in [-0.25, -0.2) is 13.4 Å². The van der Waals surface area contributed by atoms with Crippen LogP contribution in [0.15, 0.2) is 80.9 Å². The van der Waals surface area contributed by atoms with E-state index in [9.17, 15) is 23.4 Å². The van der Waals surface area contributed by atoms with Crippen LogP contribution in [0.2, 0.25) is 0 Å². The lowest BCUT2D eigenvalue weighted by Crippen LogP contribution is -2.22. The summed E-state index contributed by atoms with van der Waals surface area (Å²) in [6, 6.07) is 16.7. The number of thiazole rings is 1. The van der Waals surface area contributed by atoms with E-state index in [4.69, 9.17) is 0 Å². The van der Waals surface area contributed by atoms with E-state index >= 15 is 0 Å². The minimum atomic E-state index is -3.95. The highest BCUT2D eigenvalue weighted by Gasteiger charge is 2.16. The normalized spacial score (nSPS) is 11.5. The summed E-state index contributed by atoms with van der Waals surface area (Å²) in [6.07, 6.45) is 0. The van der Waals surface area contributed by atoms with E-state index in [1.165, 1.54) is 53.4 Å². The third-order valence-electron chi connectivity index (χ3n) is 4.08. The molecule has 2 N–H and O–H groups in total. The summed E-state index contributed by atoms with van der Waals surface area (Å²) in [5.74, 6) is -1.39. The molecule has 0 amide bonds. The zero-order valence-electron chi connectivity index (χ0n) is 15.1. The zero-order valence-corrected chi connectivity index (χ0v) is 17.6. The van der Waals surface area contributed by atoms with Crippen LogP contribution in [0.4, 0.5) is 5.69 Å². The number of carbonyl (C=O) groups excluding carboxylic acids is 1. The molecule has 10 heteroatoms. The van der Waals surface area contributed by atoms with Crippen LogP contribution in [0.5, 0.6) is 5.75 Å². The molecule has 0 saturated carbocycles. The lowest BCUT2D eigenvalue weighted by Gasteiger charge is -2.11. The Morgan fingerprint density at radius 3 is 2.50 bits per heavy atom. The second kappa shape index (κ2) is 7.98. The molecule has 0 atom stereocenters. The number of carboxylic acids is 1. The Morgan fingerprint density at radius 1 is 1.07 bits per heavy atom. The van der Waals surface area contributed by atoms with Gasteiger partial charge >= 0.3 is 0 Å². The van der Waals surface area contributed by atoms with Gasteiger partial charge in [0.2, 0.25) is 0 Å². The van der Waals surface area contributed by atoms with Gasteiger partial charge in [-0.05, 0) is 48.0 Å². The third-order valence-corrected chi connectivity index (χ3v) is 7.62. The van der Waals surface area contributed by atoms with Crippen LogP contribution in [0.1, 0.15) is 10.4 Å². The Labute approximate surface area is 180 Å². The molecule has 3 aromatic carbocycles. The Hall–Kier alpha value is -3.08. The van der Waals surface area contributed by atoms with E-state index in [1.807, 2.05) is 24.3 Å². The quantitative estimate of drug-likeness (QED) is 0.426. The number of carboxylic acid groups (broad SMARTS) is 1. The van der Waals surface area contributed by atoms with Gasteiger partial charge in [0.05, 0.1) is 31.7 Å². The number of para-hydroxylation sites is 1. The van der Waals surface area contributed by atoms with E-state index in [-0.39, 0.29) is 21.9 Å². The van der Waals surface area contributed by atoms with Crippen LogP contribution in [0.25, 0.3) is 10.2 Å². The van der Waals surface area contributed by atoms with Gasteiger partial charge in [0.1, 0.15) is 5.75 Å². The number of aromatic carboxylic acids is 1. The van der Waals surface area contributed by atoms with Crippen molar-refractivity contribution < 1.29 is 23.4 Å². The first-order valence-corrected chi connectivity index (χ1v) is 11.6. The number of hydrogen-bond donors (Lipinski definition) is 2. The van der Waals surface area contributed by atoms with Gasteiger partial charge in [0, 0.05) is 0 Å². The van der Waals surface area contributed by atoms with Crippen LogP contribution < -0.4 is 9.83 Å². The Morgan fingerprint density at radius 2 is 1.80 bits per heavy atom. The number of aromatic hydroxyl groups is 1. The number of rotatable bonds is 6. The molecule has 1 aromatic heterocycles. The second-order valence-electron chi connectivity index (χ2n) is 6.15. The Balaban J connectivity index is 1.58. The summed E-state index contributed by atoms with van der Waals surface area (Å²) < 4.78 is 29.4. The molecule has 4 aromatic rings. The highest BCUT2D eigenvalue weighted by atomic mass is 32.2. The smallest absolute Gasteiger partial charge is 0.261 e. The van der Waals surface area contributed by atoms with Crippen LogP contribution >= 0.6 is 23.1 Å². The average Bonchev–Trinajstić information content (AvgIpc) is 3.13. The van der Waals surface area contributed by atoms with E-state index in [2.05, 4.69) is 9.71 Å². The molecular formula is C20H13N2O5S3-. The summed E-state index contributed by atoms with van der Waals surface area (Å²) in [6.45, 7) is 0. The SMILES string of the molecule is O=C([O-])c1ccc(S(=O)(=O)Nc2ccc(O)c(Sc3nc4ccccc4s3)c2)cc1. The first kappa shape index (κ1) is 20.2. The molecule has 0 bridgehead atoms. The predicted octanol–water partition coefficient (Wildman–Crippen LogP) is 3.32. The van der Waals surface area contributed by atoms with Crippen LogP contribution in [-0.2, 0) is 10.0 Å². The molecule has 0 spiro atoms. The van der Waals surface area contributed by atoms with Gasteiger partial charge < -0.3 is 15.0 Å².